The summed E-state index contributed by atoms with van der Waals surface area (Å²) >= 11 is 12.2. The van der Waals surface area contributed by atoms with E-state index in [4.69, 9.17) is 27.9 Å². The normalized spacial score (nSPS) is 15.5. The van der Waals surface area contributed by atoms with Crippen molar-refractivity contribution in [1.82, 2.24) is 9.80 Å². The minimum absolute atomic E-state index is 0.0481. The molecule has 0 radical (unpaired) electrons. The van der Waals surface area contributed by atoms with Crippen molar-refractivity contribution in [3.8, 4) is 5.75 Å². The Morgan fingerprint density at radius 1 is 1.07 bits per heavy atom. The lowest BCUT2D eigenvalue weighted by Crippen LogP contribution is -2.48. The molecular formula is C20H23Cl2N3O2. The van der Waals surface area contributed by atoms with Crippen molar-refractivity contribution in [3.05, 3.63) is 58.1 Å². The number of para-hydroxylation sites is 1. The molecule has 1 amide bonds. The zero-order chi connectivity index (χ0) is 19.2. The minimum atomic E-state index is -0.0481. The van der Waals surface area contributed by atoms with Gasteiger partial charge in [-0.1, -0.05) is 35.3 Å². The number of ether oxygens (including phenoxy) is 1. The van der Waals surface area contributed by atoms with Crippen molar-refractivity contribution < 1.29 is 9.53 Å². The summed E-state index contributed by atoms with van der Waals surface area (Å²) in [4.78, 5) is 16.8. The van der Waals surface area contributed by atoms with E-state index in [1.807, 2.05) is 30.3 Å². The van der Waals surface area contributed by atoms with E-state index in [1.54, 1.807) is 19.2 Å². The molecule has 144 valence electrons. The quantitative estimate of drug-likeness (QED) is 0.791. The van der Waals surface area contributed by atoms with Crippen molar-refractivity contribution in [2.24, 2.45) is 0 Å². The lowest BCUT2D eigenvalue weighted by atomic mass is 10.1. The lowest BCUT2D eigenvalue weighted by Gasteiger charge is -2.34. The number of benzene rings is 2. The van der Waals surface area contributed by atoms with Gasteiger partial charge in [0.05, 0.1) is 24.4 Å². The monoisotopic (exact) mass is 407 g/mol. The number of anilines is 1. The van der Waals surface area contributed by atoms with Gasteiger partial charge in [-0.15, -0.1) is 0 Å². The van der Waals surface area contributed by atoms with Crippen LogP contribution < -0.4 is 10.1 Å². The van der Waals surface area contributed by atoms with Crippen LogP contribution >= 0.6 is 23.2 Å². The van der Waals surface area contributed by atoms with Gasteiger partial charge < -0.3 is 10.1 Å². The summed E-state index contributed by atoms with van der Waals surface area (Å²) in [6, 6.07) is 12.9. The van der Waals surface area contributed by atoms with Crippen LogP contribution in [0.1, 0.15) is 5.56 Å². The Labute approximate surface area is 169 Å². The predicted molar refractivity (Wildman–Crippen MR) is 110 cm³/mol. The molecule has 27 heavy (non-hydrogen) atoms. The molecular weight excluding hydrogens is 385 g/mol. The third-order valence-electron chi connectivity index (χ3n) is 4.62. The van der Waals surface area contributed by atoms with Gasteiger partial charge in [0, 0.05) is 43.3 Å². The van der Waals surface area contributed by atoms with E-state index in [2.05, 4.69) is 15.1 Å². The fourth-order valence-electron chi connectivity index (χ4n) is 3.17. The van der Waals surface area contributed by atoms with E-state index in [9.17, 15) is 4.79 Å². The standard InChI is InChI=1S/C20H23Cl2N3O2/c1-27-19-7-6-16(21)12-15(19)13-24-8-10-25(11-9-24)14-20(26)23-18-5-3-2-4-17(18)22/h2-7,12H,8-11,13-14H2,1H3,(H,23,26). The molecule has 1 saturated heterocycles. The molecule has 3 rings (SSSR count). The fraction of sp³-hybridized carbons (Fsp3) is 0.350. The zero-order valence-electron chi connectivity index (χ0n) is 15.3. The van der Waals surface area contributed by atoms with Gasteiger partial charge in [-0.25, -0.2) is 0 Å². The van der Waals surface area contributed by atoms with Crippen molar-refractivity contribution in [3.63, 3.8) is 0 Å². The summed E-state index contributed by atoms with van der Waals surface area (Å²) in [5.74, 6) is 0.800. The number of amides is 1. The van der Waals surface area contributed by atoms with Crippen LogP contribution in [0, 0.1) is 0 Å². The molecule has 0 bridgehead atoms. The summed E-state index contributed by atoms with van der Waals surface area (Å²) in [7, 11) is 1.67. The highest BCUT2D eigenvalue weighted by Crippen LogP contribution is 2.24. The second-order valence-corrected chi connectivity index (χ2v) is 7.38. The molecule has 0 unspecified atom stereocenters. The van der Waals surface area contributed by atoms with Crippen LogP contribution in [0.5, 0.6) is 5.75 Å². The van der Waals surface area contributed by atoms with E-state index >= 15 is 0 Å². The number of hydrogen-bond acceptors (Lipinski definition) is 4. The second-order valence-electron chi connectivity index (χ2n) is 6.54. The van der Waals surface area contributed by atoms with Gasteiger partial charge in [-0.3, -0.25) is 14.6 Å². The van der Waals surface area contributed by atoms with Crippen LogP contribution in [0.4, 0.5) is 5.69 Å². The number of nitrogens with one attached hydrogen (secondary N) is 1. The average molecular weight is 408 g/mol. The topological polar surface area (TPSA) is 44.8 Å². The Kier molecular flexibility index (Phi) is 6.96. The summed E-state index contributed by atoms with van der Waals surface area (Å²) in [6.45, 7) is 4.57. The molecule has 1 heterocycles. The van der Waals surface area contributed by atoms with Crippen molar-refractivity contribution in [1.29, 1.82) is 0 Å². The fourth-order valence-corrected chi connectivity index (χ4v) is 3.55. The van der Waals surface area contributed by atoms with Gasteiger partial charge in [0.1, 0.15) is 5.75 Å². The van der Waals surface area contributed by atoms with Gasteiger partial charge in [0.15, 0.2) is 0 Å². The van der Waals surface area contributed by atoms with Gasteiger partial charge in [0.25, 0.3) is 0 Å². The van der Waals surface area contributed by atoms with Gasteiger partial charge in [-0.05, 0) is 30.3 Å². The van der Waals surface area contributed by atoms with E-state index in [-0.39, 0.29) is 5.91 Å². The van der Waals surface area contributed by atoms with Crippen LogP contribution in [-0.2, 0) is 11.3 Å². The molecule has 2 aromatic carbocycles. The molecule has 7 heteroatoms. The molecule has 0 atom stereocenters. The Morgan fingerprint density at radius 2 is 1.78 bits per heavy atom. The number of hydrogen-bond donors (Lipinski definition) is 1. The number of methoxy groups -OCH3 is 1. The molecule has 2 aromatic rings. The highest BCUT2D eigenvalue weighted by molar-refractivity contribution is 6.33. The molecule has 1 aliphatic rings. The largest absolute Gasteiger partial charge is 0.496 e. The van der Waals surface area contributed by atoms with Crippen molar-refractivity contribution >= 4 is 34.8 Å². The maximum absolute atomic E-state index is 12.3. The van der Waals surface area contributed by atoms with E-state index in [0.29, 0.717) is 22.3 Å². The first kappa shape index (κ1) is 20.0. The number of rotatable bonds is 6. The molecule has 0 saturated carbocycles. The molecule has 5 nitrogen and oxygen atoms in total. The number of nitrogens with zero attached hydrogens (tertiary/aromatic N) is 2. The van der Waals surface area contributed by atoms with E-state index < -0.39 is 0 Å². The average Bonchev–Trinajstić information content (AvgIpc) is 2.65. The number of piperazine rings is 1. The number of carbonyl (C=O) groups excluding carboxylic acids is 1. The lowest BCUT2D eigenvalue weighted by molar-refractivity contribution is -0.117. The minimum Gasteiger partial charge on any atom is -0.496 e. The molecule has 1 N–H and O–H groups in total. The van der Waals surface area contributed by atoms with Crippen LogP contribution in [0.15, 0.2) is 42.5 Å². The SMILES string of the molecule is COc1ccc(Cl)cc1CN1CCN(CC(=O)Nc2ccccc2Cl)CC1. The van der Waals surface area contributed by atoms with Crippen LogP contribution in [-0.4, -0.2) is 55.5 Å². The number of carbonyl (C=O) groups is 1. The van der Waals surface area contributed by atoms with Crippen LogP contribution in [0.3, 0.4) is 0 Å². The summed E-state index contributed by atoms with van der Waals surface area (Å²) in [5, 5.41) is 4.13. The maximum atomic E-state index is 12.3. The first-order valence-electron chi connectivity index (χ1n) is 8.86. The van der Waals surface area contributed by atoms with Crippen LogP contribution in [0.2, 0.25) is 10.0 Å². The Morgan fingerprint density at radius 3 is 2.48 bits per heavy atom. The predicted octanol–water partition coefficient (Wildman–Crippen LogP) is 3.76. The highest BCUT2D eigenvalue weighted by atomic mass is 35.5. The molecule has 0 aliphatic carbocycles. The molecule has 1 fully saturated rings. The smallest absolute Gasteiger partial charge is 0.238 e. The van der Waals surface area contributed by atoms with Gasteiger partial charge in [0.2, 0.25) is 5.91 Å². The third kappa shape index (κ3) is 5.59. The van der Waals surface area contributed by atoms with E-state index in [0.717, 1.165) is 44.0 Å². The number of halogens is 2. The van der Waals surface area contributed by atoms with Crippen LogP contribution in [0.25, 0.3) is 0 Å². The zero-order valence-corrected chi connectivity index (χ0v) is 16.8. The molecule has 1 aliphatic heterocycles. The Balaban J connectivity index is 1.48. The molecule has 0 aromatic heterocycles. The second kappa shape index (κ2) is 9.42. The van der Waals surface area contributed by atoms with Crippen molar-refractivity contribution in [2.45, 2.75) is 6.54 Å². The van der Waals surface area contributed by atoms with Crippen molar-refractivity contribution in [2.75, 3.05) is 45.2 Å². The maximum Gasteiger partial charge on any atom is 0.238 e. The third-order valence-corrected chi connectivity index (χ3v) is 5.18. The Bertz CT molecular complexity index is 793. The highest BCUT2D eigenvalue weighted by Gasteiger charge is 2.20. The molecule has 0 spiro atoms. The summed E-state index contributed by atoms with van der Waals surface area (Å²) in [5.41, 5.74) is 1.73. The van der Waals surface area contributed by atoms with E-state index in [1.165, 1.54) is 0 Å². The summed E-state index contributed by atoms with van der Waals surface area (Å²) < 4.78 is 5.42. The summed E-state index contributed by atoms with van der Waals surface area (Å²) in [6.07, 6.45) is 0. The first-order chi connectivity index (χ1) is 13.0. The van der Waals surface area contributed by atoms with Gasteiger partial charge in [-0.2, -0.15) is 0 Å². The van der Waals surface area contributed by atoms with Gasteiger partial charge >= 0.3 is 0 Å². The Hall–Kier alpha value is -1.79. The first-order valence-corrected chi connectivity index (χ1v) is 9.62.